The van der Waals surface area contributed by atoms with Gasteiger partial charge in [-0.2, -0.15) is 13.2 Å². The summed E-state index contributed by atoms with van der Waals surface area (Å²) in [6.45, 7) is 7.93. The number of non-ortho nitro benzene ring substituents is 1. The number of primary sulfonamides is 1. The van der Waals surface area contributed by atoms with Gasteiger partial charge < -0.3 is 14.4 Å². The number of allylic oxidation sites excluding steroid dienone is 2. The molecule has 2 N–H and O–H groups in total. The Bertz CT molecular complexity index is 1630. The predicted molar refractivity (Wildman–Crippen MR) is 172 cm³/mol. The summed E-state index contributed by atoms with van der Waals surface area (Å²) in [5.74, 6) is -1.26. The Kier molecular flexibility index (Phi) is 11.1. The molecule has 2 aliphatic rings. The third-order valence-electron chi connectivity index (χ3n) is 7.62. The fourth-order valence-electron chi connectivity index (χ4n) is 5.71. The van der Waals surface area contributed by atoms with Gasteiger partial charge in [0.1, 0.15) is 5.37 Å². The van der Waals surface area contributed by atoms with Crippen molar-refractivity contribution in [1.29, 1.82) is 0 Å². The van der Waals surface area contributed by atoms with Crippen molar-refractivity contribution in [3.8, 4) is 0 Å². The predicted octanol–water partition coefficient (Wildman–Crippen LogP) is 8.26. The van der Waals surface area contributed by atoms with Crippen LogP contribution in [0.5, 0.6) is 0 Å². The standard InChI is InChI=1S/C32H38F3N3O6S2/c1-5-10-21(3)43-31(44-22(4)11-6-2)15-9-12-24(19-31)37-29(27-13-7-8-14-28(27)32(33,34)35)20-45-30(37)23-16-25(38(39)40)18-26(17-23)46(36,41)42/h7-9,12-18,20-22,30H,5-6,10-11,19H2,1-4H3,(H2,36,41,42). The first-order valence-electron chi connectivity index (χ1n) is 15.0. The molecule has 4 rings (SSSR count). The van der Waals surface area contributed by atoms with E-state index < -0.39 is 48.4 Å². The number of nitrogens with zero attached hydrogens (tertiary/aromatic N) is 2. The third kappa shape index (κ3) is 8.21. The molecule has 1 aliphatic carbocycles. The second kappa shape index (κ2) is 14.3. The molecule has 0 spiro atoms. The molecule has 0 aromatic heterocycles. The second-order valence-electron chi connectivity index (χ2n) is 11.4. The Morgan fingerprint density at radius 3 is 2.30 bits per heavy atom. The third-order valence-corrected chi connectivity index (χ3v) is 9.61. The number of hydrogen-bond acceptors (Lipinski definition) is 8. The average molecular weight is 682 g/mol. The number of nitro groups is 1. The Morgan fingerprint density at radius 2 is 1.74 bits per heavy atom. The van der Waals surface area contributed by atoms with Crippen LogP contribution < -0.4 is 5.14 Å². The zero-order chi connectivity index (χ0) is 33.9. The van der Waals surface area contributed by atoms with E-state index in [-0.39, 0.29) is 35.5 Å². The molecular weight excluding hydrogens is 643 g/mol. The second-order valence-corrected chi connectivity index (χ2v) is 13.9. The Hall–Kier alpha value is -3.17. The van der Waals surface area contributed by atoms with E-state index in [2.05, 4.69) is 0 Å². The highest BCUT2D eigenvalue weighted by Gasteiger charge is 2.43. The molecule has 1 aliphatic heterocycles. The van der Waals surface area contributed by atoms with Crippen LogP contribution in [0, 0.1) is 10.1 Å². The van der Waals surface area contributed by atoms with Gasteiger partial charge in [-0.3, -0.25) is 10.1 Å². The molecule has 0 radical (unpaired) electrons. The van der Waals surface area contributed by atoms with Crippen LogP contribution in [0.3, 0.4) is 0 Å². The number of sulfonamides is 1. The Balaban J connectivity index is 1.89. The molecule has 250 valence electrons. The van der Waals surface area contributed by atoms with Crippen LogP contribution in [0.2, 0.25) is 0 Å². The molecule has 0 saturated heterocycles. The molecule has 3 unspecified atom stereocenters. The van der Waals surface area contributed by atoms with E-state index in [9.17, 15) is 31.7 Å². The molecule has 0 saturated carbocycles. The van der Waals surface area contributed by atoms with Crippen LogP contribution in [-0.2, 0) is 25.7 Å². The first kappa shape index (κ1) is 35.7. The van der Waals surface area contributed by atoms with E-state index >= 15 is 0 Å². The largest absolute Gasteiger partial charge is 0.417 e. The van der Waals surface area contributed by atoms with E-state index in [1.807, 2.05) is 27.7 Å². The van der Waals surface area contributed by atoms with E-state index in [4.69, 9.17) is 14.6 Å². The van der Waals surface area contributed by atoms with Gasteiger partial charge in [0.2, 0.25) is 10.0 Å². The van der Waals surface area contributed by atoms with Crippen molar-refractivity contribution in [2.24, 2.45) is 5.14 Å². The summed E-state index contributed by atoms with van der Waals surface area (Å²) in [5.41, 5.74) is -0.631. The van der Waals surface area contributed by atoms with Crippen molar-refractivity contribution in [3.63, 3.8) is 0 Å². The number of benzene rings is 2. The lowest BCUT2D eigenvalue weighted by Crippen LogP contribution is -2.43. The molecule has 46 heavy (non-hydrogen) atoms. The number of thioether (sulfide) groups is 1. The zero-order valence-corrected chi connectivity index (χ0v) is 27.6. The lowest BCUT2D eigenvalue weighted by atomic mass is 9.98. The van der Waals surface area contributed by atoms with Crippen LogP contribution >= 0.6 is 11.8 Å². The maximum Gasteiger partial charge on any atom is 0.417 e. The van der Waals surface area contributed by atoms with Crippen molar-refractivity contribution in [1.82, 2.24) is 4.90 Å². The van der Waals surface area contributed by atoms with Crippen molar-refractivity contribution in [3.05, 3.63) is 98.6 Å². The van der Waals surface area contributed by atoms with Gasteiger partial charge in [-0.15, -0.1) is 11.8 Å². The summed E-state index contributed by atoms with van der Waals surface area (Å²) >= 11 is 1.10. The normalized spacial score (nSPS) is 21.6. The number of halogens is 3. The summed E-state index contributed by atoms with van der Waals surface area (Å²) in [7, 11) is -4.37. The highest BCUT2D eigenvalue weighted by Crippen LogP contribution is 2.53. The summed E-state index contributed by atoms with van der Waals surface area (Å²) in [5, 5.41) is 17.9. The zero-order valence-electron chi connectivity index (χ0n) is 26.0. The number of hydrogen-bond donors (Lipinski definition) is 1. The number of ether oxygens (including phenoxy) is 2. The number of nitro benzene ring substituents is 1. The average Bonchev–Trinajstić information content (AvgIpc) is 3.41. The molecule has 0 bridgehead atoms. The molecule has 2 aromatic rings. The van der Waals surface area contributed by atoms with Crippen LogP contribution in [0.25, 0.3) is 5.70 Å². The van der Waals surface area contributed by atoms with Crippen molar-refractivity contribution < 1.29 is 36.0 Å². The quantitative estimate of drug-likeness (QED) is 0.127. The summed E-state index contributed by atoms with van der Waals surface area (Å²) in [4.78, 5) is 12.2. The van der Waals surface area contributed by atoms with Crippen molar-refractivity contribution in [2.45, 2.75) is 94.2 Å². The molecule has 0 amide bonds. The van der Waals surface area contributed by atoms with Gasteiger partial charge in [0.05, 0.1) is 33.3 Å². The van der Waals surface area contributed by atoms with Gasteiger partial charge in [-0.25, -0.2) is 13.6 Å². The van der Waals surface area contributed by atoms with E-state index in [0.29, 0.717) is 5.70 Å². The molecule has 3 atom stereocenters. The van der Waals surface area contributed by atoms with Crippen molar-refractivity contribution >= 4 is 33.2 Å². The summed E-state index contributed by atoms with van der Waals surface area (Å²) < 4.78 is 80.6. The molecule has 1 heterocycles. The topological polar surface area (TPSA) is 125 Å². The number of rotatable bonds is 13. The minimum absolute atomic E-state index is 0.102. The van der Waals surface area contributed by atoms with Gasteiger partial charge in [-0.1, -0.05) is 51.0 Å². The number of alkyl halides is 3. The first-order valence-corrected chi connectivity index (χ1v) is 17.4. The Labute approximate surface area is 271 Å². The fraction of sp³-hybridized carbons (Fsp3) is 0.438. The summed E-state index contributed by atoms with van der Waals surface area (Å²) in [6.07, 6.45) is 3.49. The van der Waals surface area contributed by atoms with Gasteiger partial charge in [0.25, 0.3) is 5.69 Å². The SMILES string of the molecule is CCCC(C)OC1(OC(C)CCC)C=CC=C(N2C(c3ccccc3C(F)(F)F)=CSC2c2cc([N+](=O)[O-])cc(S(N)(=O)=O)c2)C1. The van der Waals surface area contributed by atoms with Crippen LogP contribution in [0.4, 0.5) is 18.9 Å². The van der Waals surface area contributed by atoms with Crippen LogP contribution in [0.15, 0.2) is 76.7 Å². The minimum Gasteiger partial charge on any atom is -0.343 e. The maximum atomic E-state index is 14.3. The van der Waals surface area contributed by atoms with Crippen LogP contribution in [0.1, 0.15) is 81.9 Å². The molecule has 14 heteroatoms. The monoisotopic (exact) mass is 681 g/mol. The lowest BCUT2D eigenvalue weighted by Gasteiger charge is -2.42. The van der Waals surface area contributed by atoms with E-state index in [1.165, 1.54) is 30.3 Å². The molecular formula is C32H38F3N3O6S2. The van der Waals surface area contributed by atoms with Gasteiger partial charge in [-0.05, 0) is 61.9 Å². The molecule has 2 aromatic carbocycles. The van der Waals surface area contributed by atoms with Gasteiger partial charge in [0, 0.05) is 29.8 Å². The Morgan fingerprint density at radius 1 is 1.11 bits per heavy atom. The first-order chi connectivity index (χ1) is 21.6. The van der Waals surface area contributed by atoms with Crippen LogP contribution in [-0.4, -0.2) is 36.2 Å². The van der Waals surface area contributed by atoms with Crippen molar-refractivity contribution in [2.75, 3.05) is 0 Å². The number of nitrogens with two attached hydrogens (primary N) is 1. The smallest absolute Gasteiger partial charge is 0.343 e. The van der Waals surface area contributed by atoms with E-state index in [0.717, 1.165) is 49.6 Å². The van der Waals surface area contributed by atoms with E-state index in [1.54, 1.807) is 28.5 Å². The highest BCUT2D eigenvalue weighted by atomic mass is 32.2. The molecule has 9 nitrogen and oxygen atoms in total. The highest BCUT2D eigenvalue weighted by molar-refractivity contribution is 8.02. The minimum atomic E-state index is -4.68. The van der Waals surface area contributed by atoms with Gasteiger partial charge >= 0.3 is 6.18 Å². The van der Waals surface area contributed by atoms with Gasteiger partial charge in [0.15, 0.2) is 5.79 Å². The maximum absolute atomic E-state index is 14.3. The molecule has 0 fully saturated rings. The lowest BCUT2D eigenvalue weighted by molar-refractivity contribution is -0.385. The fourth-order valence-corrected chi connectivity index (χ4v) is 7.46. The summed E-state index contributed by atoms with van der Waals surface area (Å²) in [6, 6.07) is 8.43.